The van der Waals surface area contributed by atoms with Crippen LogP contribution in [0.5, 0.6) is 0 Å². The average Bonchev–Trinajstić information content (AvgIpc) is 3.23. The number of amides is 2. The van der Waals surface area contributed by atoms with Crippen molar-refractivity contribution in [3.05, 3.63) is 70.1 Å². The summed E-state index contributed by atoms with van der Waals surface area (Å²) in [6.07, 6.45) is 4.37. The molecule has 0 aliphatic carbocycles. The van der Waals surface area contributed by atoms with E-state index >= 15 is 0 Å². The summed E-state index contributed by atoms with van der Waals surface area (Å²) < 4.78 is 0. The Kier molecular flexibility index (Phi) is 5.70. The van der Waals surface area contributed by atoms with Crippen molar-refractivity contribution >= 4 is 35.1 Å². The van der Waals surface area contributed by atoms with E-state index in [1.165, 1.54) is 17.5 Å². The number of nitrogens with one attached hydrogen (secondary N) is 1. The molecule has 6 nitrogen and oxygen atoms in total. The highest BCUT2D eigenvalue weighted by Crippen LogP contribution is 2.14. The van der Waals surface area contributed by atoms with Gasteiger partial charge in [0.05, 0.1) is 4.88 Å². The highest BCUT2D eigenvalue weighted by atomic mass is 32.1. The second-order valence-corrected chi connectivity index (χ2v) is 6.57. The molecular weight excluding hydrogens is 350 g/mol. The number of hydrogen-bond donors (Lipinski definition) is 1. The van der Waals surface area contributed by atoms with Crippen LogP contribution in [0.15, 0.2) is 64.6 Å². The summed E-state index contributed by atoms with van der Waals surface area (Å²) in [4.78, 5) is 42.2. The molecule has 0 bridgehead atoms. The van der Waals surface area contributed by atoms with Gasteiger partial charge in [0.2, 0.25) is 0 Å². The minimum absolute atomic E-state index is 0.235. The zero-order chi connectivity index (χ0) is 18.4. The Labute approximate surface area is 154 Å². The monoisotopic (exact) mass is 367 g/mol. The molecule has 0 spiro atoms. The third-order valence-corrected chi connectivity index (χ3v) is 4.68. The lowest BCUT2D eigenvalue weighted by Crippen LogP contribution is -2.49. The van der Waals surface area contributed by atoms with Gasteiger partial charge in [-0.05, 0) is 36.4 Å². The van der Waals surface area contributed by atoms with Gasteiger partial charge in [-0.1, -0.05) is 24.3 Å². The van der Waals surface area contributed by atoms with E-state index in [1.54, 1.807) is 54.1 Å². The largest absolute Gasteiger partial charge is 0.291 e. The number of rotatable bonds is 5. The van der Waals surface area contributed by atoms with Crippen LogP contribution in [-0.2, 0) is 4.79 Å². The summed E-state index contributed by atoms with van der Waals surface area (Å²) in [7, 11) is 0. The van der Waals surface area contributed by atoms with Crippen LogP contribution in [0.1, 0.15) is 32.9 Å². The van der Waals surface area contributed by atoms with Gasteiger partial charge >= 0.3 is 0 Å². The first-order valence-corrected chi connectivity index (χ1v) is 8.98. The maximum Gasteiger partial charge on any atom is 0.270 e. The standard InChI is InChI=1S/C19H17N3O3S/c23-16(17-9-5-11-26-17)13-22(19(25)15-8-4-10-20-12-15)21-18(24)14-6-2-1-3-7-14/h1-3,5-7,9-12H,4,8,13H2,(H,21,24). The molecule has 7 heteroatoms. The third-order valence-electron chi connectivity index (χ3n) is 3.77. The fourth-order valence-corrected chi connectivity index (χ4v) is 3.09. The Morgan fingerprint density at radius 3 is 2.58 bits per heavy atom. The van der Waals surface area contributed by atoms with Gasteiger partial charge in [0, 0.05) is 23.6 Å². The van der Waals surface area contributed by atoms with Gasteiger partial charge in [-0.3, -0.25) is 24.8 Å². The molecular formula is C19H17N3O3S. The van der Waals surface area contributed by atoms with Crippen LogP contribution in [0.25, 0.3) is 0 Å². The number of hydrazine groups is 1. The average molecular weight is 367 g/mol. The van der Waals surface area contributed by atoms with Gasteiger partial charge in [0.15, 0.2) is 5.78 Å². The second-order valence-electron chi connectivity index (χ2n) is 5.62. The number of carbonyl (C=O) groups is 3. The smallest absolute Gasteiger partial charge is 0.270 e. The van der Waals surface area contributed by atoms with E-state index in [0.717, 1.165) is 5.01 Å². The van der Waals surface area contributed by atoms with E-state index in [4.69, 9.17) is 0 Å². The summed E-state index contributed by atoms with van der Waals surface area (Å²) >= 11 is 1.30. The molecule has 2 amide bonds. The van der Waals surface area contributed by atoms with E-state index < -0.39 is 11.8 Å². The minimum Gasteiger partial charge on any atom is -0.291 e. The molecule has 1 aromatic carbocycles. The first kappa shape index (κ1) is 17.8. The molecule has 0 saturated heterocycles. The van der Waals surface area contributed by atoms with Crippen molar-refractivity contribution in [3.63, 3.8) is 0 Å². The summed E-state index contributed by atoms with van der Waals surface area (Å²) in [5, 5.41) is 2.87. The predicted octanol–water partition coefficient (Wildman–Crippen LogP) is 2.85. The summed E-state index contributed by atoms with van der Waals surface area (Å²) in [5.41, 5.74) is 3.42. The molecule has 0 atom stereocenters. The fraction of sp³-hybridized carbons (Fsp3) is 0.158. The first-order valence-electron chi connectivity index (χ1n) is 8.10. The molecule has 1 aliphatic rings. The highest BCUT2D eigenvalue weighted by molar-refractivity contribution is 7.12. The molecule has 1 aliphatic heterocycles. The molecule has 0 fully saturated rings. The van der Waals surface area contributed by atoms with Crippen LogP contribution in [0.2, 0.25) is 0 Å². The lowest BCUT2D eigenvalue weighted by Gasteiger charge is -2.24. The predicted molar refractivity (Wildman–Crippen MR) is 100 cm³/mol. The molecule has 3 rings (SSSR count). The van der Waals surface area contributed by atoms with Gasteiger partial charge in [-0.15, -0.1) is 11.3 Å². The van der Waals surface area contributed by atoms with Gasteiger partial charge in [0.25, 0.3) is 11.8 Å². The van der Waals surface area contributed by atoms with Crippen LogP contribution in [0.4, 0.5) is 0 Å². The molecule has 0 radical (unpaired) electrons. The van der Waals surface area contributed by atoms with Crippen LogP contribution < -0.4 is 5.43 Å². The number of ketones is 1. The Bertz CT molecular complexity index is 857. The first-order chi connectivity index (χ1) is 12.6. The maximum absolute atomic E-state index is 12.8. The SMILES string of the molecule is O=C(NN(CC(=O)c1cccs1)C(=O)C1=CN=CCC1)c1ccccc1. The fourth-order valence-electron chi connectivity index (χ4n) is 2.43. The van der Waals surface area contributed by atoms with Crippen LogP contribution in [0, 0.1) is 0 Å². The van der Waals surface area contributed by atoms with Gasteiger partial charge in [-0.25, -0.2) is 5.01 Å². The highest BCUT2D eigenvalue weighted by Gasteiger charge is 2.24. The van der Waals surface area contributed by atoms with Gasteiger partial charge < -0.3 is 0 Å². The van der Waals surface area contributed by atoms with E-state index in [2.05, 4.69) is 10.4 Å². The summed E-state index contributed by atoms with van der Waals surface area (Å²) in [6.45, 7) is -0.237. The van der Waals surface area contributed by atoms with Crippen molar-refractivity contribution in [1.82, 2.24) is 10.4 Å². The summed E-state index contributed by atoms with van der Waals surface area (Å²) in [6, 6.07) is 12.0. The van der Waals surface area contributed by atoms with Crippen molar-refractivity contribution in [2.24, 2.45) is 4.99 Å². The minimum atomic E-state index is -0.446. The van der Waals surface area contributed by atoms with Crippen LogP contribution >= 0.6 is 11.3 Å². The lowest BCUT2D eigenvalue weighted by molar-refractivity contribution is -0.129. The number of thiophene rings is 1. The van der Waals surface area contributed by atoms with Gasteiger partial charge in [-0.2, -0.15) is 0 Å². The van der Waals surface area contributed by atoms with Crippen molar-refractivity contribution < 1.29 is 14.4 Å². The zero-order valence-corrected chi connectivity index (χ0v) is 14.7. The Hall–Kier alpha value is -3.06. The van der Waals surface area contributed by atoms with Crippen LogP contribution in [0.3, 0.4) is 0 Å². The second kappa shape index (κ2) is 8.35. The molecule has 26 heavy (non-hydrogen) atoms. The number of nitrogens with zero attached hydrogens (tertiary/aromatic N) is 2. The molecule has 2 heterocycles. The molecule has 0 saturated carbocycles. The number of carbonyl (C=O) groups excluding carboxylic acids is 3. The van der Waals surface area contributed by atoms with Crippen LogP contribution in [-0.4, -0.2) is 35.4 Å². The Balaban J connectivity index is 1.79. The van der Waals surface area contributed by atoms with Crippen molar-refractivity contribution in [2.45, 2.75) is 12.8 Å². The number of benzene rings is 1. The van der Waals surface area contributed by atoms with Crippen molar-refractivity contribution in [2.75, 3.05) is 6.54 Å². The van der Waals surface area contributed by atoms with Crippen molar-refractivity contribution in [3.8, 4) is 0 Å². The van der Waals surface area contributed by atoms with Crippen molar-refractivity contribution in [1.29, 1.82) is 0 Å². The molecule has 1 aromatic heterocycles. The van der Waals surface area contributed by atoms with E-state index in [-0.39, 0.29) is 12.3 Å². The van der Waals surface area contributed by atoms with E-state index in [1.807, 2.05) is 0 Å². The third kappa shape index (κ3) is 4.31. The molecule has 132 valence electrons. The molecule has 2 aromatic rings. The van der Waals surface area contributed by atoms with E-state index in [9.17, 15) is 14.4 Å². The molecule has 0 unspecified atom stereocenters. The quantitative estimate of drug-likeness (QED) is 0.652. The number of aliphatic imine (C=N–C) groups is 1. The van der Waals surface area contributed by atoms with E-state index in [0.29, 0.717) is 28.9 Å². The topological polar surface area (TPSA) is 78.8 Å². The Morgan fingerprint density at radius 2 is 1.92 bits per heavy atom. The Morgan fingerprint density at radius 1 is 1.12 bits per heavy atom. The lowest BCUT2D eigenvalue weighted by atomic mass is 10.1. The van der Waals surface area contributed by atoms with Gasteiger partial charge in [0.1, 0.15) is 6.54 Å². The maximum atomic E-state index is 12.8. The number of hydrogen-bond acceptors (Lipinski definition) is 5. The molecule has 1 N–H and O–H groups in total. The summed E-state index contributed by atoms with van der Waals surface area (Å²) in [5.74, 6) is -1.10. The number of Topliss-reactive ketones (excluding diaryl/α,β-unsaturated/α-hetero) is 1. The normalized spacial score (nSPS) is 13.0. The zero-order valence-electron chi connectivity index (χ0n) is 13.9.